The van der Waals surface area contributed by atoms with Gasteiger partial charge in [0.25, 0.3) is 10.0 Å². The van der Waals surface area contributed by atoms with Gasteiger partial charge in [-0.05, 0) is 65.2 Å². The van der Waals surface area contributed by atoms with Crippen LogP contribution in [0.4, 0.5) is 0 Å². The standard InChI is InChI=1S/C21H26N2O3S2/c1-14-7-10-18(11-8-14)28(24,25)23-15(2)21(27-16(3)22(4)5)19-13-17(26-6)9-12-20(19)23/h7-13,16H,1-6H3. The van der Waals surface area contributed by atoms with E-state index >= 15 is 0 Å². The van der Waals surface area contributed by atoms with E-state index in [4.69, 9.17) is 4.74 Å². The van der Waals surface area contributed by atoms with Crippen molar-refractivity contribution in [1.29, 1.82) is 0 Å². The predicted molar refractivity (Wildman–Crippen MR) is 116 cm³/mol. The molecule has 0 N–H and O–H groups in total. The molecule has 0 aliphatic rings. The van der Waals surface area contributed by atoms with Crippen LogP contribution in [0.3, 0.4) is 0 Å². The second-order valence-corrected chi connectivity index (χ2v) is 10.2. The van der Waals surface area contributed by atoms with E-state index < -0.39 is 10.0 Å². The lowest BCUT2D eigenvalue weighted by atomic mass is 10.2. The van der Waals surface area contributed by atoms with Crippen LogP contribution in [-0.2, 0) is 10.0 Å². The van der Waals surface area contributed by atoms with E-state index in [0.717, 1.165) is 15.8 Å². The van der Waals surface area contributed by atoms with Gasteiger partial charge in [-0.3, -0.25) is 4.90 Å². The maximum absolute atomic E-state index is 13.5. The lowest BCUT2D eigenvalue weighted by molar-refractivity contribution is 0.402. The number of aryl methyl sites for hydroxylation is 1. The summed E-state index contributed by atoms with van der Waals surface area (Å²) in [6, 6.07) is 12.5. The van der Waals surface area contributed by atoms with Crippen molar-refractivity contribution in [3.8, 4) is 5.75 Å². The molecule has 5 nitrogen and oxygen atoms in total. The van der Waals surface area contributed by atoms with Gasteiger partial charge in [0.05, 0.1) is 22.9 Å². The van der Waals surface area contributed by atoms with Gasteiger partial charge in [0.1, 0.15) is 5.75 Å². The van der Waals surface area contributed by atoms with Gasteiger partial charge in [0.15, 0.2) is 0 Å². The van der Waals surface area contributed by atoms with Gasteiger partial charge in [0, 0.05) is 16.0 Å². The van der Waals surface area contributed by atoms with Crippen molar-refractivity contribution >= 4 is 32.7 Å². The molecule has 1 atom stereocenters. The van der Waals surface area contributed by atoms with E-state index in [1.165, 1.54) is 3.97 Å². The van der Waals surface area contributed by atoms with E-state index in [1.807, 2.05) is 52.2 Å². The van der Waals surface area contributed by atoms with Crippen LogP contribution in [-0.4, -0.2) is 43.9 Å². The van der Waals surface area contributed by atoms with Crippen LogP contribution in [0.15, 0.2) is 52.3 Å². The van der Waals surface area contributed by atoms with Gasteiger partial charge in [-0.1, -0.05) is 17.7 Å². The third-order valence-corrected chi connectivity index (χ3v) is 8.21. The van der Waals surface area contributed by atoms with Gasteiger partial charge in [-0.25, -0.2) is 12.4 Å². The van der Waals surface area contributed by atoms with Crippen LogP contribution in [0, 0.1) is 13.8 Å². The molecule has 1 heterocycles. The lowest BCUT2D eigenvalue weighted by Gasteiger charge is -2.19. The molecule has 3 rings (SSSR count). The highest BCUT2D eigenvalue weighted by Crippen LogP contribution is 2.40. The third kappa shape index (κ3) is 3.66. The minimum absolute atomic E-state index is 0.186. The molecular formula is C21H26N2O3S2. The van der Waals surface area contributed by atoms with Crippen molar-refractivity contribution in [3.05, 3.63) is 53.7 Å². The second-order valence-electron chi connectivity index (χ2n) is 7.06. The van der Waals surface area contributed by atoms with Crippen molar-refractivity contribution in [2.24, 2.45) is 0 Å². The highest BCUT2D eigenvalue weighted by Gasteiger charge is 2.26. The molecule has 150 valence electrons. The smallest absolute Gasteiger partial charge is 0.268 e. The summed E-state index contributed by atoms with van der Waals surface area (Å²) < 4.78 is 33.8. The van der Waals surface area contributed by atoms with Crippen LogP contribution in [0.1, 0.15) is 18.2 Å². The molecule has 3 aromatic rings. The van der Waals surface area contributed by atoms with E-state index in [0.29, 0.717) is 17.0 Å². The van der Waals surface area contributed by atoms with Crippen LogP contribution < -0.4 is 4.74 Å². The number of aromatic nitrogens is 1. The molecule has 0 aliphatic carbocycles. The fourth-order valence-corrected chi connectivity index (χ4v) is 5.74. The average molecular weight is 419 g/mol. The molecule has 0 amide bonds. The van der Waals surface area contributed by atoms with Crippen molar-refractivity contribution in [1.82, 2.24) is 8.87 Å². The summed E-state index contributed by atoms with van der Waals surface area (Å²) in [6.45, 7) is 5.90. The van der Waals surface area contributed by atoms with Crippen LogP contribution in [0.25, 0.3) is 10.9 Å². The van der Waals surface area contributed by atoms with Crippen molar-refractivity contribution in [2.45, 2.75) is 35.9 Å². The highest BCUT2D eigenvalue weighted by molar-refractivity contribution is 8.00. The summed E-state index contributed by atoms with van der Waals surface area (Å²) in [7, 11) is 1.92. The van der Waals surface area contributed by atoms with Gasteiger partial charge in [-0.15, -0.1) is 11.8 Å². The topological polar surface area (TPSA) is 51.5 Å². The molecule has 0 fully saturated rings. The monoisotopic (exact) mass is 418 g/mol. The Morgan fingerprint density at radius 3 is 2.29 bits per heavy atom. The number of methoxy groups -OCH3 is 1. The first-order valence-corrected chi connectivity index (χ1v) is 11.3. The molecule has 2 aromatic carbocycles. The molecule has 28 heavy (non-hydrogen) atoms. The Kier molecular flexibility index (Phi) is 5.79. The number of thioether (sulfide) groups is 1. The summed E-state index contributed by atoms with van der Waals surface area (Å²) in [5.74, 6) is 0.705. The van der Waals surface area contributed by atoms with Gasteiger partial charge in [0.2, 0.25) is 0 Å². The molecule has 0 bridgehead atoms. The molecule has 0 saturated carbocycles. The zero-order valence-electron chi connectivity index (χ0n) is 17.1. The maximum atomic E-state index is 13.5. The van der Waals surface area contributed by atoms with E-state index in [9.17, 15) is 8.42 Å². The van der Waals surface area contributed by atoms with Gasteiger partial charge in [-0.2, -0.15) is 0 Å². The molecule has 7 heteroatoms. The quantitative estimate of drug-likeness (QED) is 0.436. The van der Waals surface area contributed by atoms with E-state index in [2.05, 4.69) is 11.8 Å². The van der Waals surface area contributed by atoms with Crippen molar-refractivity contribution in [3.63, 3.8) is 0 Å². The van der Waals surface area contributed by atoms with Crippen molar-refractivity contribution in [2.75, 3.05) is 21.2 Å². The number of rotatable bonds is 6. The van der Waals surface area contributed by atoms with Crippen molar-refractivity contribution < 1.29 is 13.2 Å². The van der Waals surface area contributed by atoms with E-state index in [-0.39, 0.29) is 10.3 Å². The Balaban J connectivity index is 2.28. The summed E-state index contributed by atoms with van der Waals surface area (Å²) in [4.78, 5) is 3.33. The number of hydrogen-bond acceptors (Lipinski definition) is 5. The lowest BCUT2D eigenvalue weighted by Crippen LogP contribution is -2.21. The first-order valence-electron chi connectivity index (χ1n) is 9.01. The summed E-state index contributed by atoms with van der Waals surface area (Å²) >= 11 is 1.65. The SMILES string of the molecule is COc1ccc2c(c1)c(SC(C)N(C)C)c(C)n2S(=O)(=O)c1ccc(C)cc1. The summed E-state index contributed by atoms with van der Waals surface area (Å²) in [6.07, 6.45) is 0. The third-order valence-electron chi connectivity index (χ3n) is 4.88. The first kappa shape index (κ1) is 20.8. The highest BCUT2D eigenvalue weighted by atomic mass is 32.2. The normalized spacial score (nSPS) is 13.2. The minimum atomic E-state index is -3.72. The second kappa shape index (κ2) is 7.81. The Labute approximate surface area is 171 Å². The summed E-state index contributed by atoms with van der Waals surface area (Å²) in [5, 5.41) is 1.07. The van der Waals surface area contributed by atoms with Crippen LogP contribution in [0.2, 0.25) is 0 Å². The number of hydrogen-bond donors (Lipinski definition) is 0. The molecule has 1 unspecified atom stereocenters. The Hall–Kier alpha value is -1.96. The molecule has 0 aliphatic heterocycles. The van der Waals surface area contributed by atoms with Crippen LogP contribution in [0.5, 0.6) is 5.75 Å². The van der Waals surface area contributed by atoms with Crippen LogP contribution >= 0.6 is 11.8 Å². The summed E-state index contributed by atoms with van der Waals surface area (Å²) in [5.41, 5.74) is 2.39. The molecular weight excluding hydrogens is 392 g/mol. The maximum Gasteiger partial charge on any atom is 0.268 e. The number of fused-ring (bicyclic) bond motifs is 1. The minimum Gasteiger partial charge on any atom is -0.497 e. The fourth-order valence-electron chi connectivity index (χ4n) is 3.02. The largest absolute Gasteiger partial charge is 0.497 e. The van der Waals surface area contributed by atoms with Gasteiger partial charge >= 0.3 is 0 Å². The average Bonchev–Trinajstić information content (AvgIpc) is 2.93. The molecule has 0 saturated heterocycles. The zero-order chi connectivity index (χ0) is 20.6. The molecule has 1 aromatic heterocycles. The first-order chi connectivity index (χ1) is 13.2. The molecule has 0 spiro atoms. The van der Waals surface area contributed by atoms with E-state index in [1.54, 1.807) is 37.1 Å². The Bertz CT molecular complexity index is 1100. The zero-order valence-corrected chi connectivity index (χ0v) is 18.7. The van der Waals surface area contributed by atoms with Gasteiger partial charge < -0.3 is 4.74 Å². The number of benzene rings is 2. The predicted octanol–water partition coefficient (Wildman–Crippen LogP) is 4.50. The fraction of sp³-hybridized carbons (Fsp3) is 0.333. The Morgan fingerprint density at radius 1 is 1.07 bits per heavy atom. The number of ether oxygens (including phenoxy) is 1. The molecule has 0 radical (unpaired) electrons. The number of nitrogens with zero attached hydrogens (tertiary/aromatic N) is 2. The Morgan fingerprint density at radius 2 is 1.71 bits per heavy atom.